The van der Waals surface area contributed by atoms with E-state index in [4.69, 9.17) is 15.0 Å². The maximum absolute atomic E-state index is 11.0. The summed E-state index contributed by atoms with van der Waals surface area (Å²) in [7, 11) is 1.56. The fraction of sp³-hybridized carbons (Fsp3) is 0.842. The first-order valence-electron chi connectivity index (χ1n) is 10.4. The van der Waals surface area contributed by atoms with Crippen LogP contribution < -0.4 is 5.32 Å². The van der Waals surface area contributed by atoms with Crippen molar-refractivity contribution < 1.29 is 53.7 Å². The largest absolute Gasteiger partial charge is 0.480 e. The number of aliphatic hydroxyl groups is 1. The fourth-order valence-electron chi connectivity index (χ4n) is 2.74. The van der Waals surface area contributed by atoms with Crippen LogP contribution in [0.5, 0.6) is 0 Å². The van der Waals surface area contributed by atoms with Crippen LogP contribution in [-0.2, 0) is 32.9 Å². The van der Waals surface area contributed by atoms with Crippen molar-refractivity contribution in [2.24, 2.45) is 0 Å². The molecule has 13 heteroatoms. The van der Waals surface area contributed by atoms with Gasteiger partial charge in [0, 0.05) is 78.0 Å². The second-order valence-corrected chi connectivity index (χ2v) is 6.44. The van der Waals surface area contributed by atoms with Crippen LogP contribution in [0.3, 0.4) is 0 Å². The predicted octanol–water partition coefficient (Wildman–Crippen LogP) is -2.09. The number of carbonyl (C=O) groups excluding carboxylic acids is 1. The molecule has 0 spiro atoms. The second-order valence-electron chi connectivity index (χ2n) is 6.44. The molecule has 1 radical (unpaired) electrons. The van der Waals surface area contributed by atoms with Crippen LogP contribution >= 0.6 is 0 Å². The average molecular weight is 505 g/mol. The monoisotopic (exact) mass is 504 g/mol. The van der Waals surface area contributed by atoms with E-state index >= 15 is 0 Å². The van der Waals surface area contributed by atoms with Crippen LogP contribution in [-0.4, -0.2) is 145 Å². The Kier molecular flexibility index (Phi) is 30.9. The molecule has 32 heavy (non-hydrogen) atoms. The van der Waals surface area contributed by atoms with E-state index in [1.54, 1.807) is 11.9 Å². The number of amides is 1. The first kappa shape index (κ1) is 38.0. The first-order valence-corrected chi connectivity index (χ1v) is 10.4. The van der Waals surface area contributed by atoms with Gasteiger partial charge in [-0.15, -0.1) is 0 Å². The molecule has 0 aromatic rings. The summed E-state index contributed by atoms with van der Waals surface area (Å²) in [6.45, 7) is 11.7. The van der Waals surface area contributed by atoms with E-state index in [1.807, 2.05) is 23.6 Å². The number of carboxylic acid groups (broad SMARTS) is 2. The summed E-state index contributed by atoms with van der Waals surface area (Å²) in [5.74, 6) is -1.78. The van der Waals surface area contributed by atoms with Gasteiger partial charge in [-0.3, -0.25) is 29.1 Å². The molecule has 0 aliphatic carbocycles. The van der Waals surface area contributed by atoms with Crippen molar-refractivity contribution >= 4 is 18.3 Å². The van der Waals surface area contributed by atoms with E-state index in [9.17, 15) is 14.7 Å². The Balaban J connectivity index is -0.000000440. The van der Waals surface area contributed by atoms with Crippen molar-refractivity contribution in [3.05, 3.63) is 0 Å². The van der Waals surface area contributed by atoms with Crippen molar-refractivity contribution in [1.82, 2.24) is 24.9 Å². The standard InChI is InChI=1S/C15H30N4O5.C2H5NO.C2H6.H2O.V/c1-2-16-3-5-17(11-14(21)22)6-7-18(12-15(23)24)8-10-19(13-20)9-4-16;1-3-2-4;1-2;;/h20H,2-13H2,1H3,(H,21,22)(H,23,24);2H,1H3,(H,3,4);1-2H3;1H2;. The summed E-state index contributed by atoms with van der Waals surface area (Å²) in [5.41, 5.74) is 0. The van der Waals surface area contributed by atoms with Gasteiger partial charge in [-0.1, -0.05) is 20.8 Å². The van der Waals surface area contributed by atoms with E-state index in [1.165, 1.54) is 0 Å². The Morgan fingerprint density at radius 3 is 1.31 bits per heavy atom. The third-order valence-corrected chi connectivity index (χ3v) is 4.41. The van der Waals surface area contributed by atoms with Gasteiger partial charge in [0.05, 0.1) is 19.8 Å². The molecule has 0 atom stereocenters. The molecule has 6 N–H and O–H groups in total. The molecule has 1 rings (SSSR count). The topological polar surface area (TPSA) is 168 Å². The zero-order valence-electron chi connectivity index (χ0n) is 19.9. The van der Waals surface area contributed by atoms with Gasteiger partial charge in [-0.2, -0.15) is 0 Å². The molecule has 0 unspecified atom stereocenters. The molecule has 1 saturated heterocycles. The molecule has 1 fully saturated rings. The Bertz CT molecular complexity index is 428. The van der Waals surface area contributed by atoms with Crippen LogP contribution in [0.1, 0.15) is 20.8 Å². The zero-order valence-corrected chi connectivity index (χ0v) is 21.3. The van der Waals surface area contributed by atoms with Gasteiger partial charge < -0.3 is 31.0 Å². The summed E-state index contributed by atoms with van der Waals surface area (Å²) in [6, 6.07) is 0. The van der Waals surface area contributed by atoms with Gasteiger partial charge in [0.1, 0.15) is 0 Å². The minimum atomic E-state index is -0.903. The van der Waals surface area contributed by atoms with Crippen LogP contribution in [0.2, 0.25) is 0 Å². The molecular formula is C19H43N5O7V. The van der Waals surface area contributed by atoms with Gasteiger partial charge in [-0.05, 0) is 6.54 Å². The number of nitrogens with one attached hydrogen (secondary N) is 1. The SMILES string of the molecule is CC.CCN1CCN(CO)CCN(CC(=O)O)CCN(CC(=O)O)CC1.CNC=O.O.[V]. The maximum atomic E-state index is 11.0. The molecule has 1 aliphatic heterocycles. The molecule has 0 bridgehead atoms. The van der Waals surface area contributed by atoms with Gasteiger partial charge in [0.15, 0.2) is 0 Å². The van der Waals surface area contributed by atoms with Crippen molar-refractivity contribution in [3.63, 3.8) is 0 Å². The van der Waals surface area contributed by atoms with Crippen molar-refractivity contribution in [1.29, 1.82) is 0 Å². The van der Waals surface area contributed by atoms with Crippen molar-refractivity contribution in [2.45, 2.75) is 20.8 Å². The van der Waals surface area contributed by atoms with Crippen LogP contribution in [0.15, 0.2) is 0 Å². The quantitative estimate of drug-likeness (QED) is 0.282. The number of aliphatic hydroxyl groups excluding tert-OH is 1. The van der Waals surface area contributed by atoms with Gasteiger partial charge in [0.2, 0.25) is 6.41 Å². The van der Waals surface area contributed by atoms with Gasteiger partial charge in [0.25, 0.3) is 0 Å². The Hall–Kier alpha value is -1.25. The Labute approximate surface area is 203 Å². The van der Waals surface area contributed by atoms with E-state index < -0.39 is 11.9 Å². The number of hydrogen-bond donors (Lipinski definition) is 4. The van der Waals surface area contributed by atoms with Crippen LogP contribution in [0.25, 0.3) is 0 Å². The third-order valence-electron chi connectivity index (χ3n) is 4.41. The average Bonchev–Trinajstić information content (AvgIpc) is 2.73. The summed E-state index contributed by atoms with van der Waals surface area (Å²) >= 11 is 0. The summed E-state index contributed by atoms with van der Waals surface area (Å²) in [5, 5.41) is 29.8. The second kappa shape index (κ2) is 26.0. The van der Waals surface area contributed by atoms with Gasteiger partial charge in [-0.25, -0.2) is 0 Å². The normalized spacial score (nSPS) is 16.7. The first-order chi connectivity index (χ1) is 14.4. The minimum Gasteiger partial charge on any atom is -0.480 e. The minimum absolute atomic E-state index is 0. The molecule has 0 saturated carbocycles. The smallest absolute Gasteiger partial charge is 0.317 e. The van der Waals surface area contributed by atoms with Crippen molar-refractivity contribution in [3.8, 4) is 0 Å². The number of nitrogens with zero attached hydrogens (tertiary/aromatic N) is 4. The molecule has 0 aromatic carbocycles. The third kappa shape index (κ3) is 22.0. The number of likely N-dealkylation sites (N-methyl/N-ethyl adjacent to an activating group) is 1. The number of aliphatic carboxylic acids is 2. The fourth-order valence-corrected chi connectivity index (χ4v) is 2.74. The van der Waals surface area contributed by atoms with Crippen molar-refractivity contribution in [2.75, 3.05) is 85.8 Å². The van der Waals surface area contributed by atoms with Crippen LogP contribution in [0, 0.1) is 0 Å². The maximum Gasteiger partial charge on any atom is 0.317 e. The molecule has 1 aliphatic rings. The number of carbonyl (C=O) groups is 3. The number of carboxylic acids is 2. The molecule has 12 nitrogen and oxygen atoms in total. The predicted molar refractivity (Wildman–Crippen MR) is 119 cm³/mol. The summed E-state index contributed by atoms with van der Waals surface area (Å²) in [6.07, 6.45) is 0.625. The van der Waals surface area contributed by atoms with E-state index in [0.717, 1.165) is 19.6 Å². The van der Waals surface area contributed by atoms with E-state index in [0.29, 0.717) is 45.7 Å². The molecule has 1 heterocycles. The molecular weight excluding hydrogens is 461 g/mol. The number of rotatable bonds is 7. The van der Waals surface area contributed by atoms with E-state index in [-0.39, 0.29) is 43.9 Å². The Morgan fingerprint density at radius 2 is 1.09 bits per heavy atom. The molecule has 1 amide bonds. The summed E-state index contributed by atoms with van der Waals surface area (Å²) in [4.78, 5) is 38.9. The zero-order chi connectivity index (χ0) is 23.4. The van der Waals surface area contributed by atoms with Crippen LogP contribution in [0.4, 0.5) is 0 Å². The van der Waals surface area contributed by atoms with Gasteiger partial charge >= 0.3 is 11.9 Å². The molecule has 0 aromatic heterocycles. The Morgan fingerprint density at radius 1 is 0.812 bits per heavy atom. The summed E-state index contributed by atoms with van der Waals surface area (Å²) < 4.78 is 0. The van der Waals surface area contributed by atoms with E-state index in [2.05, 4.69) is 17.1 Å². The molecule has 191 valence electrons. The number of hydrogen-bond acceptors (Lipinski definition) is 8.